The number of hydrogen-bond acceptors (Lipinski definition) is 1. The normalized spacial score (nSPS) is 11.7. The van der Waals surface area contributed by atoms with Gasteiger partial charge in [0.2, 0.25) is 0 Å². The Labute approximate surface area is 140 Å². The van der Waals surface area contributed by atoms with E-state index in [1.165, 1.54) is 0 Å². The minimum atomic E-state index is -0.0781. The maximum Gasteiger partial charge on any atom is 0.195 e. The zero-order valence-electron chi connectivity index (χ0n) is 12.4. The molecule has 0 aliphatic heterocycles. The summed E-state index contributed by atoms with van der Waals surface area (Å²) < 4.78 is 0. The maximum absolute atomic E-state index is 13.0. The number of carbonyl (C=O) groups excluding carboxylic acids is 1. The third-order valence-corrected chi connectivity index (χ3v) is 3.98. The summed E-state index contributed by atoms with van der Waals surface area (Å²) in [5.41, 5.74) is 2.79. The molecule has 3 aromatic rings. The smallest absolute Gasteiger partial charge is 0.195 e. The molecular weight excluding hydrogens is 304 g/mol. The lowest BCUT2D eigenvalue weighted by atomic mass is 9.94. The number of rotatable bonds is 4. The summed E-state index contributed by atoms with van der Waals surface area (Å²) in [6.07, 6.45) is 0. The predicted molar refractivity (Wildman–Crippen MR) is 96.3 cm³/mol. The number of allylic oxidation sites excluding steroid dienone is 1. The van der Waals surface area contributed by atoms with Gasteiger partial charge in [-0.25, -0.2) is 0 Å². The third kappa shape index (κ3) is 3.41. The first kappa shape index (κ1) is 15.3. The molecule has 0 aliphatic carbocycles. The molecule has 0 bridgehead atoms. The highest BCUT2D eigenvalue weighted by Gasteiger charge is 2.19. The number of hydrogen-bond donors (Lipinski definition) is 0. The van der Waals surface area contributed by atoms with Gasteiger partial charge in [-0.15, -0.1) is 0 Å². The van der Waals surface area contributed by atoms with E-state index in [1.54, 1.807) is 12.1 Å². The zero-order valence-corrected chi connectivity index (χ0v) is 13.2. The summed E-state index contributed by atoms with van der Waals surface area (Å²) in [4.78, 5) is 13.0. The maximum atomic E-state index is 13.0. The monoisotopic (exact) mass is 318 g/mol. The van der Waals surface area contributed by atoms with Gasteiger partial charge in [-0.1, -0.05) is 103 Å². The second kappa shape index (κ2) is 7.08. The highest BCUT2D eigenvalue weighted by atomic mass is 35.5. The van der Waals surface area contributed by atoms with Gasteiger partial charge in [0.25, 0.3) is 0 Å². The molecule has 0 N–H and O–H groups in total. The summed E-state index contributed by atoms with van der Waals surface area (Å²) in [5.74, 6) is -0.0781. The van der Waals surface area contributed by atoms with Crippen molar-refractivity contribution < 1.29 is 4.79 Å². The van der Waals surface area contributed by atoms with E-state index < -0.39 is 0 Å². The first-order valence-corrected chi connectivity index (χ1v) is 7.75. The Morgan fingerprint density at radius 1 is 0.565 bits per heavy atom. The average Bonchev–Trinajstić information content (AvgIpc) is 2.64. The molecule has 0 fully saturated rings. The Morgan fingerprint density at radius 2 is 0.957 bits per heavy atom. The first-order chi connectivity index (χ1) is 11.3. The summed E-state index contributed by atoms with van der Waals surface area (Å²) in [7, 11) is 0. The third-order valence-electron chi connectivity index (χ3n) is 3.57. The fourth-order valence-electron chi connectivity index (χ4n) is 2.42. The van der Waals surface area contributed by atoms with Gasteiger partial charge in [0.05, 0.1) is 5.03 Å². The summed E-state index contributed by atoms with van der Waals surface area (Å²) in [5, 5.41) is 0.464. The SMILES string of the molecule is O=C(/C(=C(\Cl)c1ccccc1)c1ccccc1)c1ccccc1. The van der Waals surface area contributed by atoms with E-state index >= 15 is 0 Å². The van der Waals surface area contributed by atoms with Crippen LogP contribution in [0, 0.1) is 0 Å². The van der Waals surface area contributed by atoms with Crippen LogP contribution in [-0.2, 0) is 0 Å². The molecule has 1 nitrogen and oxygen atoms in total. The molecule has 0 radical (unpaired) electrons. The molecule has 0 unspecified atom stereocenters. The molecule has 112 valence electrons. The average molecular weight is 319 g/mol. The minimum absolute atomic E-state index is 0.0781. The van der Waals surface area contributed by atoms with Crippen molar-refractivity contribution in [1.82, 2.24) is 0 Å². The highest BCUT2D eigenvalue weighted by Crippen LogP contribution is 2.32. The van der Waals surface area contributed by atoms with E-state index in [-0.39, 0.29) is 5.78 Å². The standard InChI is InChI=1S/C21H15ClO/c22-20(17-12-6-2-7-13-17)19(16-10-4-1-5-11-16)21(23)18-14-8-3-9-15-18/h1-15H/b20-19-. The van der Waals surface area contributed by atoms with Crippen LogP contribution in [0.2, 0.25) is 0 Å². The van der Waals surface area contributed by atoms with E-state index in [9.17, 15) is 4.79 Å². The van der Waals surface area contributed by atoms with Gasteiger partial charge >= 0.3 is 0 Å². The van der Waals surface area contributed by atoms with Crippen molar-refractivity contribution in [3.8, 4) is 0 Å². The molecule has 0 saturated carbocycles. The van der Waals surface area contributed by atoms with Crippen molar-refractivity contribution in [1.29, 1.82) is 0 Å². The highest BCUT2D eigenvalue weighted by molar-refractivity contribution is 6.58. The molecule has 23 heavy (non-hydrogen) atoms. The number of halogens is 1. The Kier molecular flexibility index (Phi) is 4.70. The largest absolute Gasteiger partial charge is 0.289 e. The Balaban J connectivity index is 2.18. The molecule has 0 heterocycles. The Bertz CT molecular complexity index is 821. The van der Waals surface area contributed by atoms with Crippen LogP contribution in [0.15, 0.2) is 91.0 Å². The second-order valence-electron chi connectivity index (χ2n) is 5.12. The zero-order chi connectivity index (χ0) is 16.1. The van der Waals surface area contributed by atoms with Crippen LogP contribution in [0.25, 0.3) is 10.6 Å². The van der Waals surface area contributed by atoms with Crippen LogP contribution >= 0.6 is 11.6 Å². The van der Waals surface area contributed by atoms with Crippen LogP contribution in [0.1, 0.15) is 21.5 Å². The molecule has 0 amide bonds. The first-order valence-electron chi connectivity index (χ1n) is 7.38. The van der Waals surface area contributed by atoms with Crippen LogP contribution in [-0.4, -0.2) is 5.78 Å². The fraction of sp³-hybridized carbons (Fsp3) is 0. The van der Waals surface area contributed by atoms with Gasteiger partial charge in [0.15, 0.2) is 5.78 Å². The Morgan fingerprint density at radius 3 is 1.43 bits per heavy atom. The molecule has 0 spiro atoms. The van der Waals surface area contributed by atoms with Gasteiger partial charge in [-0.3, -0.25) is 4.79 Å². The van der Waals surface area contributed by atoms with Crippen molar-refractivity contribution in [3.63, 3.8) is 0 Å². The van der Waals surface area contributed by atoms with Crippen molar-refractivity contribution in [3.05, 3.63) is 108 Å². The van der Waals surface area contributed by atoms with Crippen LogP contribution in [0.5, 0.6) is 0 Å². The quantitative estimate of drug-likeness (QED) is 0.344. The van der Waals surface area contributed by atoms with Gasteiger partial charge in [-0.05, 0) is 11.1 Å². The molecule has 3 aromatic carbocycles. The van der Waals surface area contributed by atoms with Crippen molar-refractivity contribution in [2.24, 2.45) is 0 Å². The van der Waals surface area contributed by atoms with Gasteiger partial charge < -0.3 is 0 Å². The lowest BCUT2D eigenvalue weighted by molar-refractivity contribution is 0.105. The van der Waals surface area contributed by atoms with Gasteiger partial charge in [-0.2, -0.15) is 0 Å². The summed E-state index contributed by atoms with van der Waals surface area (Å²) >= 11 is 6.61. The number of benzene rings is 3. The van der Waals surface area contributed by atoms with Gasteiger partial charge in [0, 0.05) is 11.1 Å². The van der Waals surface area contributed by atoms with Crippen LogP contribution in [0.3, 0.4) is 0 Å². The summed E-state index contributed by atoms with van der Waals surface area (Å²) in [6.45, 7) is 0. The molecule has 3 rings (SSSR count). The van der Waals surface area contributed by atoms with E-state index in [0.717, 1.165) is 11.1 Å². The molecule has 0 aliphatic rings. The fourth-order valence-corrected chi connectivity index (χ4v) is 2.75. The number of Topliss-reactive ketones (excluding diaryl/α,β-unsaturated/α-hetero) is 1. The summed E-state index contributed by atoms with van der Waals surface area (Å²) in [6, 6.07) is 28.3. The topological polar surface area (TPSA) is 17.1 Å². The van der Waals surface area contributed by atoms with E-state index in [2.05, 4.69) is 0 Å². The predicted octanol–water partition coefficient (Wildman–Crippen LogP) is 5.68. The lowest BCUT2D eigenvalue weighted by Crippen LogP contribution is -2.04. The van der Waals surface area contributed by atoms with E-state index in [4.69, 9.17) is 11.6 Å². The van der Waals surface area contributed by atoms with Gasteiger partial charge in [0.1, 0.15) is 0 Å². The lowest BCUT2D eigenvalue weighted by Gasteiger charge is -2.11. The molecule has 0 saturated heterocycles. The minimum Gasteiger partial charge on any atom is -0.289 e. The van der Waals surface area contributed by atoms with Crippen molar-refractivity contribution >= 4 is 28.0 Å². The molecule has 2 heteroatoms. The van der Waals surface area contributed by atoms with Crippen LogP contribution in [0.4, 0.5) is 0 Å². The molecular formula is C21H15ClO. The molecule has 0 aromatic heterocycles. The number of carbonyl (C=O) groups is 1. The van der Waals surface area contributed by atoms with Crippen molar-refractivity contribution in [2.75, 3.05) is 0 Å². The van der Waals surface area contributed by atoms with Crippen LogP contribution < -0.4 is 0 Å². The van der Waals surface area contributed by atoms with Crippen molar-refractivity contribution in [2.45, 2.75) is 0 Å². The van der Waals surface area contributed by atoms with E-state index in [1.807, 2.05) is 78.9 Å². The Hall–Kier alpha value is -2.64. The van der Waals surface area contributed by atoms with E-state index in [0.29, 0.717) is 16.2 Å². The second-order valence-corrected chi connectivity index (χ2v) is 5.49. The number of ketones is 1. The molecule has 0 atom stereocenters.